The third kappa shape index (κ3) is 6.74. The third-order valence-corrected chi connectivity index (χ3v) is 9.26. The van der Waals surface area contributed by atoms with E-state index in [2.05, 4.69) is 15.2 Å². The lowest BCUT2D eigenvalue weighted by atomic mass is 9.84. The second-order valence-corrected chi connectivity index (χ2v) is 12.9. The molecule has 0 radical (unpaired) electrons. The summed E-state index contributed by atoms with van der Waals surface area (Å²) in [5.41, 5.74) is 4.98. The smallest absolute Gasteiger partial charge is 0.252 e. The first-order chi connectivity index (χ1) is 17.8. The van der Waals surface area contributed by atoms with Gasteiger partial charge >= 0.3 is 0 Å². The van der Waals surface area contributed by atoms with E-state index in [1.807, 2.05) is 49.4 Å². The zero-order valence-electron chi connectivity index (χ0n) is 22.3. The number of halogens is 1. The highest BCUT2D eigenvalue weighted by molar-refractivity contribution is 7.90. The number of aromatic nitrogens is 1. The maximum atomic E-state index is 13.0. The van der Waals surface area contributed by atoms with Crippen molar-refractivity contribution in [2.75, 3.05) is 25.9 Å². The highest BCUT2D eigenvalue weighted by atomic mass is 35.5. The summed E-state index contributed by atoms with van der Waals surface area (Å²) in [6.45, 7) is 5.05. The number of benzene rings is 2. The number of carbonyl (C=O) groups is 1. The number of carbonyl (C=O) groups excluding carboxylic acids is 1. The molecule has 1 N–H and O–H groups in total. The molecule has 1 amide bonds. The van der Waals surface area contributed by atoms with Gasteiger partial charge in [-0.25, -0.2) is 8.42 Å². The van der Waals surface area contributed by atoms with Crippen LogP contribution < -0.4 is 5.32 Å². The Kier molecular flexibility index (Phi) is 9.11. The molecule has 0 spiro atoms. The Bertz CT molecular complexity index is 1400. The van der Waals surface area contributed by atoms with Crippen molar-refractivity contribution in [3.8, 4) is 0 Å². The van der Waals surface area contributed by atoms with E-state index >= 15 is 0 Å². The van der Waals surface area contributed by atoms with E-state index in [4.69, 9.17) is 0 Å². The summed E-state index contributed by atoms with van der Waals surface area (Å²) in [4.78, 5) is 20.6. The fourth-order valence-corrected chi connectivity index (χ4v) is 6.55. The summed E-state index contributed by atoms with van der Waals surface area (Å²) in [7, 11) is -3.17. The molecule has 2 aromatic carbocycles. The molecule has 2 heterocycles. The summed E-state index contributed by atoms with van der Waals surface area (Å²) in [6.07, 6.45) is 8.68. The highest BCUT2D eigenvalue weighted by Crippen LogP contribution is 2.28. The van der Waals surface area contributed by atoms with Crippen molar-refractivity contribution in [3.63, 3.8) is 0 Å². The second kappa shape index (κ2) is 12.1. The zero-order valence-corrected chi connectivity index (χ0v) is 23.9. The standard InChI is InChI=1S/C30H37N3O3S.ClH/c1-21-6-13-27-28(4-3-5-29(27)31-21)30(34)32-25-10-7-22(8-11-25)14-17-33-18-15-23-9-12-26(37(2,35)36)20-24(23)16-19-33;/h3-6,9,12-13,20,22,25H,7-8,10-11,14-19H2,1-2H3,(H,32,34);1H. The Labute approximate surface area is 232 Å². The summed E-state index contributed by atoms with van der Waals surface area (Å²) in [5.74, 6) is 0.697. The average molecular weight is 556 g/mol. The van der Waals surface area contributed by atoms with E-state index in [9.17, 15) is 13.2 Å². The van der Waals surface area contributed by atoms with Crippen LogP contribution in [-0.4, -0.2) is 56.1 Å². The van der Waals surface area contributed by atoms with Gasteiger partial charge in [0.2, 0.25) is 0 Å². The number of sulfone groups is 1. The van der Waals surface area contributed by atoms with Crippen LogP contribution in [0, 0.1) is 12.8 Å². The Hall–Kier alpha value is -2.48. The van der Waals surface area contributed by atoms with Crippen LogP contribution in [0.1, 0.15) is 59.3 Å². The normalized spacial score (nSPS) is 20.3. The molecule has 0 atom stereocenters. The van der Waals surface area contributed by atoms with Crippen LogP contribution in [0.3, 0.4) is 0 Å². The van der Waals surface area contributed by atoms with Crippen LogP contribution in [0.25, 0.3) is 10.9 Å². The number of nitrogens with one attached hydrogen (secondary N) is 1. The van der Waals surface area contributed by atoms with Gasteiger partial charge in [-0.3, -0.25) is 9.78 Å². The average Bonchev–Trinajstić information content (AvgIpc) is 3.09. The van der Waals surface area contributed by atoms with Crippen LogP contribution >= 0.6 is 12.4 Å². The number of nitrogens with zero attached hydrogens (tertiary/aromatic N) is 2. The number of amides is 1. The SMILES string of the molecule is Cc1ccc2c(C(=O)NC3CCC(CCN4CCc5ccc(S(C)(=O)=O)cc5CC4)CC3)cccc2n1.Cl. The molecule has 3 aromatic rings. The molecular formula is C30H38ClN3O3S. The molecule has 0 bridgehead atoms. The minimum Gasteiger partial charge on any atom is -0.349 e. The Morgan fingerprint density at radius 3 is 2.47 bits per heavy atom. The summed E-state index contributed by atoms with van der Waals surface area (Å²) >= 11 is 0. The van der Waals surface area contributed by atoms with Crippen molar-refractivity contribution in [3.05, 3.63) is 70.9 Å². The molecule has 1 aliphatic carbocycles. The van der Waals surface area contributed by atoms with Crippen molar-refractivity contribution in [1.82, 2.24) is 15.2 Å². The van der Waals surface area contributed by atoms with E-state index in [1.54, 1.807) is 6.07 Å². The van der Waals surface area contributed by atoms with E-state index in [-0.39, 0.29) is 24.4 Å². The van der Waals surface area contributed by atoms with Crippen LogP contribution in [0.2, 0.25) is 0 Å². The van der Waals surface area contributed by atoms with Crippen LogP contribution in [0.5, 0.6) is 0 Å². The molecule has 5 rings (SSSR count). The van der Waals surface area contributed by atoms with Gasteiger partial charge in [-0.2, -0.15) is 0 Å². The van der Waals surface area contributed by atoms with Crippen molar-refractivity contribution in [2.45, 2.75) is 62.8 Å². The van der Waals surface area contributed by atoms with Gasteiger partial charge in [0, 0.05) is 42.0 Å². The van der Waals surface area contributed by atoms with E-state index in [1.165, 1.54) is 23.8 Å². The lowest BCUT2D eigenvalue weighted by Gasteiger charge is -2.31. The number of hydrogen-bond acceptors (Lipinski definition) is 5. The van der Waals surface area contributed by atoms with Crippen LogP contribution in [-0.2, 0) is 22.7 Å². The minimum absolute atomic E-state index is 0. The number of hydrogen-bond donors (Lipinski definition) is 1. The number of fused-ring (bicyclic) bond motifs is 2. The van der Waals surface area contributed by atoms with Crippen molar-refractivity contribution >= 4 is 39.1 Å². The van der Waals surface area contributed by atoms with Gasteiger partial charge < -0.3 is 10.2 Å². The number of rotatable bonds is 6. The Balaban J connectivity index is 0.00000336. The zero-order chi connectivity index (χ0) is 26.0. The highest BCUT2D eigenvalue weighted by Gasteiger charge is 2.24. The number of aryl methyl sites for hydroxylation is 1. The molecule has 204 valence electrons. The third-order valence-electron chi connectivity index (χ3n) is 8.15. The van der Waals surface area contributed by atoms with Crippen molar-refractivity contribution < 1.29 is 13.2 Å². The van der Waals surface area contributed by atoms with Gasteiger partial charge in [0.1, 0.15) is 0 Å². The van der Waals surface area contributed by atoms with Crippen molar-refractivity contribution in [2.24, 2.45) is 5.92 Å². The molecule has 2 aliphatic rings. The molecule has 1 saturated carbocycles. The quantitative estimate of drug-likeness (QED) is 0.455. The van der Waals surface area contributed by atoms with E-state index in [0.29, 0.717) is 16.4 Å². The lowest BCUT2D eigenvalue weighted by Crippen LogP contribution is -2.38. The molecule has 1 aromatic heterocycles. The lowest BCUT2D eigenvalue weighted by molar-refractivity contribution is 0.0921. The molecule has 6 nitrogen and oxygen atoms in total. The second-order valence-electron chi connectivity index (χ2n) is 10.8. The minimum atomic E-state index is -3.17. The predicted molar refractivity (Wildman–Crippen MR) is 155 cm³/mol. The van der Waals surface area contributed by atoms with Gasteiger partial charge in [-0.05, 0) is 106 Å². The molecule has 0 saturated heterocycles. The fourth-order valence-electron chi connectivity index (χ4n) is 5.88. The first-order valence-corrected chi connectivity index (χ1v) is 15.4. The van der Waals surface area contributed by atoms with Crippen molar-refractivity contribution in [1.29, 1.82) is 0 Å². The predicted octanol–water partition coefficient (Wildman–Crippen LogP) is 5.15. The summed E-state index contributed by atoms with van der Waals surface area (Å²) < 4.78 is 23.9. The van der Waals surface area contributed by atoms with Crippen LogP contribution in [0.15, 0.2) is 53.4 Å². The molecule has 38 heavy (non-hydrogen) atoms. The Morgan fingerprint density at radius 2 is 1.74 bits per heavy atom. The maximum absolute atomic E-state index is 13.0. The van der Waals surface area contributed by atoms with Gasteiger partial charge in [-0.15, -0.1) is 12.4 Å². The molecular weight excluding hydrogens is 518 g/mol. The maximum Gasteiger partial charge on any atom is 0.252 e. The van der Waals surface area contributed by atoms with E-state index < -0.39 is 9.84 Å². The fraction of sp³-hybridized carbons (Fsp3) is 0.467. The molecule has 1 fully saturated rings. The largest absolute Gasteiger partial charge is 0.349 e. The number of pyridine rings is 1. The first kappa shape index (κ1) is 28.5. The molecule has 0 unspecified atom stereocenters. The summed E-state index contributed by atoms with van der Waals surface area (Å²) in [5, 5.41) is 4.19. The first-order valence-electron chi connectivity index (χ1n) is 13.5. The molecule has 8 heteroatoms. The monoisotopic (exact) mass is 555 g/mol. The van der Waals surface area contributed by atoms with Gasteiger partial charge in [0.15, 0.2) is 9.84 Å². The molecule has 1 aliphatic heterocycles. The van der Waals surface area contributed by atoms with Gasteiger partial charge in [0.05, 0.1) is 10.4 Å². The van der Waals surface area contributed by atoms with Gasteiger partial charge in [-0.1, -0.05) is 18.2 Å². The topological polar surface area (TPSA) is 79.4 Å². The van der Waals surface area contributed by atoms with Crippen LogP contribution in [0.4, 0.5) is 0 Å². The Morgan fingerprint density at radius 1 is 1.00 bits per heavy atom. The van der Waals surface area contributed by atoms with E-state index in [0.717, 1.165) is 74.8 Å². The van der Waals surface area contributed by atoms with Gasteiger partial charge in [0.25, 0.3) is 5.91 Å². The summed E-state index contributed by atoms with van der Waals surface area (Å²) in [6, 6.07) is 15.6.